The molecule has 37 heavy (non-hydrogen) atoms. The zero-order valence-electron chi connectivity index (χ0n) is 19.7. The van der Waals surface area contributed by atoms with E-state index in [1.165, 1.54) is 37.7 Å². The van der Waals surface area contributed by atoms with Gasteiger partial charge < -0.3 is 20.1 Å². The van der Waals surface area contributed by atoms with Crippen LogP contribution in [0.2, 0.25) is 0 Å². The first-order chi connectivity index (χ1) is 17.5. The van der Waals surface area contributed by atoms with Gasteiger partial charge in [0.1, 0.15) is 34.2 Å². The SMILES string of the molecule is COc1ccc(Oc2ccc(C(C)NC(=O)C3(NC(=O)c4cncc(F)c4)CC3)nc2)c(C(F)(F)F)c1. The van der Waals surface area contributed by atoms with E-state index in [1.807, 2.05) is 0 Å². The Morgan fingerprint density at radius 2 is 1.78 bits per heavy atom. The van der Waals surface area contributed by atoms with Crippen LogP contribution in [0, 0.1) is 5.82 Å². The molecule has 0 radical (unpaired) electrons. The number of aromatic nitrogens is 2. The number of ether oxygens (including phenoxy) is 2. The number of carbonyl (C=O) groups is 2. The summed E-state index contributed by atoms with van der Waals surface area (Å²) in [4.78, 5) is 33.1. The number of benzene rings is 1. The van der Waals surface area contributed by atoms with Gasteiger partial charge >= 0.3 is 6.18 Å². The fourth-order valence-electron chi connectivity index (χ4n) is 3.55. The summed E-state index contributed by atoms with van der Waals surface area (Å²) in [5, 5.41) is 5.40. The van der Waals surface area contributed by atoms with E-state index in [1.54, 1.807) is 6.92 Å². The summed E-state index contributed by atoms with van der Waals surface area (Å²) in [6, 6.07) is 6.72. The van der Waals surface area contributed by atoms with Crippen LogP contribution in [-0.4, -0.2) is 34.4 Å². The third-order valence-corrected chi connectivity index (χ3v) is 5.77. The van der Waals surface area contributed by atoms with Crippen LogP contribution in [0.4, 0.5) is 17.6 Å². The molecule has 0 saturated heterocycles. The van der Waals surface area contributed by atoms with Gasteiger partial charge in [-0.1, -0.05) is 0 Å². The number of nitrogens with zero attached hydrogens (tertiary/aromatic N) is 2. The first-order valence-electron chi connectivity index (χ1n) is 11.1. The second-order valence-corrected chi connectivity index (χ2v) is 8.50. The first kappa shape index (κ1) is 25.9. The Bertz CT molecular complexity index is 1310. The topological polar surface area (TPSA) is 102 Å². The molecule has 1 fully saturated rings. The minimum Gasteiger partial charge on any atom is -0.497 e. The molecule has 2 N–H and O–H groups in total. The maximum absolute atomic E-state index is 13.4. The van der Waals surface area contributed by atoms with Crippen molar-refractivity contribution in [1.82, 2.24) is 20.6 Å². The number of carbonyl (C=O) groups excluding carboxylic acids is 2. The van der Waals surface area contributed by atoms with Gasteiger partial charge in [0.2, 0.25) is 5.91 Å². The molecule has 2 heterocycles. The molecule has 12 heteroatoms. The number of halogens is 4. The predicted molar refractivity (Wildman–Crippen MR) is 122 cm³/mol. The zero-order valence-corrected chi connectivity index (χ0v) is 19.7. The minimum atomic E-state index is -4.66. The van der Waals surface area contributed by atoms with Gasteiger partial charge in [0.25, 0.3) is 5.91 Å². The van der Waals surface area contributed by atoms with E-state index in [0.29, 0.717) is 18.5 Å². The molecule has 1 atom stereocenters. The number of methoxy groups -OCH3 is 1. The molecule has 8 nitrogen and oxygen atoms in total. The molecular formula is C25H22F4N4O4. The Morgan fingerprint density at radius 3 is 2.38 bits per heavy atom. The summed E-state index contributed by atoms with van der Waals surface area (Å²) < 4.78 is 63.9. The van der Waals surface area contributed by atoms with Crippen molar-refractivity contribution in [2.24, 2.45) is 0 Å². The summed E-state index contributed by atoms with van der Waals surface area (Å²) in [6.07, 6.45) is -0.434. The van der Waals surface area contributed by atoms with Gasteiger partial charge in [-0.3, -0.25) is 19.6 Å². The summed E-state index contributed by atoms with van der Waals surface area (Å²) in [7, 11) is 1.26. The van der Waals surface area contributed by atoms with Crippen molar-refractivity contribution in [2.45, 2.75) is 37.5 Å². The lowest BCUT2D eigenvalue weighted by molar-refractivity contribution is -0.138. The second kappa shape index (κ2) is 10.0. The number of hydrogen-bond acceptors (Lipinski definition) is 6. The second-order valence-electron chi connectivity index (χ2n) is 8.50. The third-order valence-electron chi connectivity index (χ3n) is 5.77. The van der Waals surface area contributed by atoms with Crippen LogP contribution >= 0.6 is 0 Å². The monoisotopic (exact) mass is 518 g/mol. The van der Waals surface area contributed by atoms with Gasteiger partial charge in [-0.05, 0) is 56.2 Å². The fourth-order valence-corrected chi connectivity index (χ4v) is 3.55. The average Bonchev–Trinajstić information content (AvgIpc) is 3.64. The van der Waals surface area contributed by atoms with Crippen LogP contribution in [0.1, 0.15) is 47.4 Å². The molecule has 3 aromatic rings. The zero-order chi connectivity index (χ0) is 26.8. The molecule has 0 aliphatic heterocycles. The van der Waals surface area contributed by atoms with Crippen molar-refractivity contribution >= 4 is 11.8 Å². The van der Waals surface area contributed by atoms with Crippen LogP contribution in [0.3, 0.4) is 0 Å². The Labute approximate surface area is 209 Å². The Balaban J connectivity index is 1.40. The van der Waals surface area contributed by atoms with Gasteiger partial charge in [-0.25, -0.2) is 4.39 Å². The van der Waals surface area contributed by atoms with Gasteiger partial charge in [0, 0.05) is 6.20 Å². The van der Waals surface area contributed by atoms with E-state index < -0.39 is 46.7 Å². The summed E-state index contributed by atoms with van der Waals surface area (Å²) >= 11 is 0. The van der Waals surface area contributed by atoms with Crippen molar-refractivity contribution in [3.8, 4) is 17.2 Å². The predicted octanol–water partition coefficient (Wildman–Crippen LogP) is 4.58. The van der Waals surface area contributed by atoms with Gasteiger partial charge in [0.05, 0.1) is 36.8 Å². The number of rotatable bonds is 8. The van der Waals surface area contributed by atoms with Crippen LogP contribution in [-0.2, 0) is 11.0 Å². The molecule has 1 aliphatic rings. The van der Waals surface area contributed by atoms with Crippen molar-refractivity contribution < 1.29 is 36.6 Å². The molecule has 0 spiro atoms. The third kappa shape index (κ3) is 5.96. The molecule has 0 bridgehead atoms. The van der Waals surface area contributed by atoms with E-state index in [2.05, 4.69) is 20.6 Å². The number of nitrogens with one attached hydrogen (secondary N) is 2. The normalized spacial score (nSPS) is 14.9. The molecule has 1 aromatic carbocycles. The standard InChI is InChI=1S/C25H22F4N4O4/c1-14(32-23(35)24(7-8-24)33-22(34)15-9-16(26)12-30-11-15)20-5-3-18(13-31-20)37-21-6-4-17(36-2)10-19(21)25(27,28)29/h3-6,9-14H,7-8H2,1-2H3,(H,32,35)(H,33,34). The first-order valence-corrected chi connectivity index (χ1v) is 11.1. The van der Waals surface area contributed by atoms with Crippen molar-refractivity contribution in [3.63, 3.8) is 0 Å². The average molecular weight is 518 g/mol. The molecule has 4 rings (SSSR count). The lowest BCUT2D eigenvalue weighted by Gasteiger charge is -2.21. The molecule has 1 aliphatic carbocycles. The number of amides is 2. The summed E-state index contributed by atoms with van der Waals surface area (Å²) in [5.74, 6) is -2.04. The Morgan fingerprint density at radius 1 is 1.05 bits per heavy atom. The quantitative estimate of drug-likeness (QED) is 0.424. The van der Waals surface area contributed by atoms with E-state index in [-0.39, 0.29) is 17.1 Å². The van der Waals surface area contributed by atoms with Crippen LogP contribution in [0.25, 0.3) is 0 Å². The Kier molecular flexibility index (Phi) is 7.01. The van der Waals surface area contributed by atoms with Crippen molar-refractivity contribution in [2.75, 3.05) is 7.11 Å². The smallest absolute Gasteiger partial charge is 0.420 e. The molecule has 2 aromatic heterocycles. The molecule has 194 valence electrons. The van der Waals surface area contributed by atoms with Gasteiger partial charge in [-0.15, -0.1) is 0 Å². The van der Waals surface area contributed by atoms with Gasteiger partial charge in [-0.2, -0.15) is 13.2 Å². The van der Waals surface area contributed by atoms with E-state index in [4.69, 9.17) is 9.47 Å². The van der Waals surface area contributed by atoms with Crippen molar-refractivity contribution in [1.29, 1.82) is 0 Å². The maximum atomic E-state index is 13.4. The van der Waals surface area contributed by atoms with Crippen LogP contribution < -0.4 is 20.1 Å². The van der Waals surface area contributed by atoms with Gasteiger partial charge in [0.15, 0.2) is 0 Å². The molecular weight excluding hydrogens is 496 g/mol. The maximum Gasteiger partial charge on any atom is 0.420 e. The van der Waals surface area contributed by atoms with E-state index >= 15 is 0 Å². The number of hydrogen-bond donors (Lipinski definition) is 2. The van der Waals surface area contributed by atoms with Crippen LogP contribution in [0.5, 0.6) is 17.2 Å². The largest absolute Gasteiger partial charge is 0.497 e. The highest BCUT2D eigenvalue weighted by Gasteiger charge is 2.51. The van der Waals surface area contributed by atoms with E-state index in [9.17, 15) is 27.2 Å². The lowest BCUT2D eigenvalue weighted by atomic mass is 10.1. The fraction of sp³-hybridized carbons (Fsp3) is 0.280. The minimum absolute atomic E-state index is 0.00470. The highest BCUT2D eigenvalue weighted by molar-refractivity contribution is 6.00. The highest BCUT2D eigenvalue weighted by Crippen LogP contribution is 2.40. The summed E-state index contributed by atoms with van der Waals surface area (Å²) in [6.45, 7) is 1.67. The molecule has 2 amide bonds. The van der Waals surface area contributed by atoms with E-state index in [0.717, 1.165) is 24.4 Å². The Hall–Kier alpha value is -4.22. The molecule has 1 saturated carbocycles. The van der Waals surface area contributed by atoms with Crippen LogP contribution in [0.15, 0.2) is 55.0 Å². The summed E-state index contributed by atoms with van der Waals surface area (Å²) in [5.41, 5.74) is -1.71. The highest BCUT2D eigenvalue weighted by atomic mass is 19.4. The lowest BCUT2D eigenvalue weighted by Crippen LogP contribution is -2.49. The molecule has 1 unspecified atom stereocenters. The number of alkyl halides is 3. The van der Waals surface area contributed by atoms with Crippen molar-refractivity contribution in [3.05, 3.63) is 77.6 Å². The number of pyridine rings is 2.